The van der Waals surface area contributed by atoms with Gasteiger partial charge in [-0.1, -0.05) is 25.0 Å². The van der Waals surface area contributed by atoms with E-state index in [0.717, 1.165) is 24.5 Å². The number of rotatable bonds is 4. The molecule has 7 nitrogen and oxygen atoms in total. The summed E-state index contributed by atoms with van der Waals surface area (Å²) in [5.41, 5.74) is 6.29. The lowest BCUT2D eigenvalue weighted by Gasteiger charge is -2.40. The van der Waals surface area contributed by atoms with E-state index in [0.29, 0.717) is 17.2 Å². The number of nitrogens with two attached hydrogens (primary N) is 1. The van der Waals surface area contributed by atoms with Crippen molar-refractivity contribution in [3.8, 4) is 34.2 Å². The summed E-state index contributed by atoms with van der Waals surface area (Å²) in [5, 5.41) is 18.8. The number of H-pyrrole nitrogens is 1. The van der Waals surface area contributed by atoms with Gasteiger partial charge in [0, 0.05) is 28.8 Å². The first kappa shape index (κ1) is 27.1. The first-order valence-corrected chi connectivity index (χ1v) is 12.9. The number of methoxy groups -OCH3 is 1. The maximum atomic E-state index is 14.9. The smallest absolute Gasteiger partial charge is 0.306 e. The summed E-state index contributed by atoms with van der Waals surface area (Å²) >= 11 is 0. The molecule has 3 fully saturated rings. The predicted molar refractivity (Wildman–Crippen MR) is 144 cm³/mol. The van der Waals surface area contributed by atoms with E-state index < -0.39 is 29.2 Å². The minimum absolute atomic E-state index is 0.00231. The van der Waals surface area contributed by atoms with E-state index in [1.54, 1.807) is 24.3 Å². The third-order valence-electron chi connectivity index (χ3n) is 7.98. The highest BCUT2D eigenvalue weighted by molar-refractivity contribution is 5.98. The van der Waals surface area contributed by atoms with Crippen LogP contribution in [0.4, 0.5) is 19.0 Å². The van der Waals surface area contributed by atoms with Crippen LogP contribution in [-0.2, 0) is 4.79 Å². The van der Waals surface area contributed by atoms with Gasteiger partial charge < -0.3 is 20.6 Å². The molecule has 2 heterocycles. The summed E-state index contributed by atoms with van der Waals surface area (Å²) < 4.78 is 47.8. The third-order valence-corrected chi connectivity index (χ3v) is 7.98. The molecule has 2 aromatic heterocycles. The monoisotopic (exact) mass is 548 g/mol. The molecule has 0 radical (unpaired) electrons. The number of hydrogen-bond acceptors (Lipinski definition) is 5. The van der Waals surface area contributed by atoms with Crippen molar-refractivity contribution >= 4 is 22.7 Å². The third kappa shape index (κ3) is 4.95. The number of benzene rings is 2. The number of halogens is 3. The molecule has 206 valence electrons. The van der Waals surface area contributed by atoms with E-state index in [-0.39, 0.29) is 39.2 Å². The Hall–Kier alpha value is -4.52. The zero-order valence-corrected chi connectivity index (χ0v) is 21.7. The van der Waals surface area contributed by atoms with E-state index in [1.807, 2.05) is 6.07 Å². The van der Waals surface area contributed by atoms with Crippen molar-refractivity contribution < 1.29 is 27.8 Å². The molecule has 0 spiro atoms. The normalized spacial score (nSPS) is 19.5. The van der Waals surface area contributed by atoms with Gasteiger partial charge in [0.25, 0.3) is 0 Å². The van der Waals surface area contributed by atoms with Crippen LogP contribution in [0.15, 0.2) is 42.6 Å². The fourth-order valence-corrected chi connectivity index (χ4v) is 5.95. The molecule has 4 aromatic rings. The molecule has 3 aliphatic carbocycles. The zero-order chi connectivity index (χ0) is 28.6. The lowest BCUT2D eigenvalue weighted by molar-refractivity contribution is -0.147. The Labute approximate surface area is 228 Å². The summed E-state index contributed by atoms with van der Waals surface area (Å²) in [5.74, 6) is -1.63. The van der Waals surface area contributed by atoms with E-state index in [9.17, 15) is 23.2 Å². The van der Waals surface area contributed by atoms with Gasteiger partial charge in [-0.05, 0) is 54.9 Å². The second kappa shape index (κ2) is 10.9. The molecule has 3 saturated carbocycles. The molecule has 7 rings (SSSR count). The number of pyridine rings is 1. The molecule has 40 heavy (non-hydrogen) atoms. The average molecular weight is 549 g/mol. The van der Waals surface area contributed by atoms with Crippen LogP contribution >= 0.6 is 0 Å². The van der Waals surface area contributed by atoms with E-state index in [2.05, 4.69) is 9.97 Å². The van der Waals surface area contributed by atoms with Crippen molar-refractivity contribution in [1.29, 1.82) is 5.26 Å². The number of fused-ring (bicyclic) bond motifs is 4. The number of carboxylic acids is 1. The predicted octanol–water partition coefficient (Wildman–Crippen LogP) is 6.67. The van der Waals surface area contributed by atoms with Crippen molar-refractivity contribution in [2.45, 2.75) is 32.1 Å². The van der Waals surface area contributed by atoms with Crippen molar-refractivity contribution in [2.24, 2.45) is 17.8 Å². The Morgan fingerprint density at radius 1 is 1.15 bits per heavy atom. The van der Waals surface area contributed by atoms with Crippen LogP contribution in [0.2, 0.25) is 0 Å². The number of aliphatic carboxylic acids is 1. The molecular weight excluding hydrogens is 521 g/mol. The number of aromatic nitrogens is 2. The molecule has 1 atom stereocenters. The quantitative estimate of drug-likeness (QED) is 0.261. The number of nitrogens with one attached hydrogen (secondary N) is 1. The number of aromatic amines is 1. The number of anilines is 1. The zero-order valence-electron chi connectivity index (χ0n) is 21.7. The van der Waals surface area contributed by atoms with E-state index in [4.69, 9.17) is 15.6 Å². The van der Waals surface area contributed by atoms with Crippen LogP contribution in [0.5, 0.6) is 5.75 Å². The molecular formula is C30H27F3N4O3. The first-order chi connectivity index (χ1) is 19.2. The second-order valence-corrected chi connectivity index (χ2v) is 10.2. The molecule has 10 heteroatoms. The maximum Gasteiger partial charge on any atom is 0.306 e. The molecule has 3 aliphatic rings. The van der Waals surface area contributed by atoms with Gasteiger partial charge in [0.05, 0.1) is 29.8 Å². The Kier molecular flexibility index (Phi) is 7.39. The summed E-state index contributed by atoms with van der Waals surface area (Å²) in [7, 11) is 1.49. The van der Waals surface area contributed by atoms with Crippen LogP contribution < -0.4 is 10.5 Å². The Balaban J connectivity index is 0.000000244. The van der Waals surface area contributed by atoms with Gasteiger partial charge in [-0.25, -0.2) is 18.2 Å². The number of ether oxygens (including phenoxy) is 1. The molecule has 2 aromatic carbocycles. The molecule has 1 unspecified atom stereocenters. The Bertz CT molecular complexity index is 1620. The molecule has 0 saturated heterocycles. The van der Waals surface area contributed by atoms with Gasteiger partial charge in [0.15, 0.2) is 11.6 Å². The van der Waals surface area contributed by atoms with Gasteiger partial charge >= 0.3 is 5.97 Å². The van der Waals surface area contributed by atoms with Crippen LogP contribution in [0, 0.1) is 46.5 Å². The Morgan fingerprint density at radius 2 is 1.85 bits per heavy atom. The summed E-state index contributed by atoms with van der Waals surface area (Å²) in [6, 6.07) is 10.2. The SMILES string of the molecule is COc1ccc(-c2c(F)c(N)nc(-c3c[nH]c4c(F)cc(F)cc34)c2C#N)cc1.O=C(O)C1CC2CCC1CC2. The van der Waals surface area contributed by atoms with Gasteiger partial charge in [-0.2, -0.15) is 5.26 Å². The van der Waals surface area contributed by atoms with Gasteiger partial charge in [-0.15, -0.1) is 0 Å². The van der Waals surface area contributed by atoms with Crippen LogP contribution in [0.25, 0.3) is 33.3 Å². The van der Waals surface area contributed by atoms with Gasteiger partial charge in [-0.3, -0.25) is 4.79 Å². The largest absolute Gasteiger partial charge is 0.497 e. The molecule has 0 aliphatic heterocycles. The minimum Gasteiger partial charge on any atom is -0.497 e. The molecule has 4 N–H and O–H groups in total. The van der Waals surface area contributed by atoms with Crippen molar-refractivity contribution in [3.05, 3.63) is 65.6 Å². The van der Waals surface area contributed by atoms with E-state index >= 15 is 0 Å². The van der Waals surface area contributed by atoms with Gasteiger partial charge in [0.2, 0.25) is 0 Å². The average Bonchev–Trinajstić information content (AvgIpc) is 3.39. The summed E-state index contributed by atoms with van der Waals surface area (Å²) in [6.07, 6.45) is 7.25. The van der Waals surface area contributed by atoms with Crippen molar-refractivity contribution in [3.63, 3.8) is 0 Å². The van der Waals surface area contributed by atoms with Crippen molar-refractivity contribution in [1.82, 2.24) is 9.97 Å². The van der Waals surface area contributed by atoms with Crippen LogP contribution in [0.3, 0.4) is 0 Å². The topological polar surface area (TPSA) is 125 Å². The second-order valence-electron chi connectivity index (χ2n) is 10.2. The molecule has 2 bridgehead atoms. The minimum atomic E-state index is -0.854. The highest BCUT2D eigenvalue weighted by Gasteiger charge is 2.39. The number of nitrogen functional groups attached to an aromatic ring is 1. The summed E-state index contributed by atoms with van der Waals surface area (Å²) in [4.78, 5) is 17.4. The van der Waals surface area contributed by atoms with Gasteiger partial charge in [0.1, 0.15) is 23.5 Å². The standard InChI is InChI=1S/C21H13F3N4O.C9H14O2/c1-29-12-4-2-10(3-5-12)17-14(8-25)19(28-21(26)18(17)24)15-9-27-20-13(15)6-11(22)7-16(20)23;10-9(11)8-5-6-1-3-7(8)4-2-6/h2-7,9,27H,1H3,(H2,26,28);6-8H,1-5H2,(H,10,11). The Morgan fingerprint density at radius 3 is 2.40 bits per heavy atom. The number of carboxylic acid groups (broad SMARTS) is 1. The van der Waals surface area contributed by atoms with Crippen LogP contribution in [-0.4, -0.2) is 28.2 Å². The maximum absolute atomic E-state index is 14.9. The van der Waals surface area contributed by atoms with E-state index in [1.165, 1.54) is 39.0 Å². The van der Waals surface area contributed by atoms with Crippen molar-refractivity contribution in [2.75, 3.05) is 12.8 Å². The lowest BCUT2D eigenvalue weighted by Crippen LogP contribution is -2.35. The number of carbonyl (C=O) groups is 1. The fraction of sp³-hybridized carbons (Fsp3) is 0.300. The fourth-order valence-electron chi connectivity index (χ4n) is 5.95. The van der Waals surface area contributed by atoms with Crippen LogP contribution in [0.1, 0.15) is 37.7 Å². The number of hydrogen-bond donors (Lipinski definition) is 3. The highest BCUT2D eigenvalue weighted by atomic mass is 19.1. The molecule has 0 amide bonds. The lowest BCUT2D eigenvalue weighted by atomic mass is 9.65. The first-order valence-electron chi connectivity index (χ1n) is 12.9. The number of nitriles is 1. The highest BCUT2D eigenvalue weighted by Crippen LogP contribution is 2.45. The number of nitrogens with zero attached hydrogens (tertiary/aromatic N) is 2. The summed E-state index contributed by atoms with van der Waals surface area (Å²) in [6.45, 7) is 0.